The SMILES string of the molecule is O=C(COc1ccc(OCc2ccccc2)cc1)N(Cc1ccccc1)c1ccccc1. The maximum atomic E-state index is 13.0. The van der Waals surface area contributed by atoms with E-state index >= 15 is 0 Å². The Labute approximate surface area is 188 Å². The van der Waals surface area contributed by atoms with Gasteiger partial charge in [0.1, 0.15) is 18.1 Å². The molecule has 0 N–H and O–H groups in total. The quantitative estimate of drug-likeness (QED) is 0.338. The molecule has 0 unspecified atom stereocenters. The molecule has 4 aromatic carbocycles. The van der Waals surface area contributed by atoms with E-state index in [1.807, 2.05) is 115 Å². The van der Waals surface area contributed by atoms with Crippen molar-refractivity contribution in [3.05, 3.63) is 126 Å². The van der Waals surface area contributed by atoms with Gasteiger partial charge in [-0.1, -0.05) is 78.9 Å². The molecule has 4 heteroatoms. The second kappa shape index (κ2) is 10.8. The predicted octanol–water partition coefficient (Wildman–Crippen LogP) is 5.88. The Hall–Kier alpha value is -4.05. The molecule has 0 saturated carbocycles. The van der Waals surface area contributed by atoms with Crippen molar-refractivity contribution >= 4 is 11.6 Å². The summed E-state index contributed by atoms with van der Waals surface area (Å²) in [4.78, 5) is 14.8. The Morgan fingerprint density at radius 2 is 1.09 bits per heavy atom. The molecule has 4 rings (SSSR count). The Balaban J connectivity index is 1.36. The lowest BCUT2D eigenvalue weighted by atomic mass is 10.2. The average Bonchev–Trinajstić information content (AvgIpc) is 2.87. The number of nitrogens with zero attached hydrogens (tertiary/aromatic N) is 1. The van der Waals surface area contributed by atoms with E-state index in [-0.39, 0.29) is 12.5 Å². The predicted molar refractivity (Wildman–Crippen MR) is 127 cm³/mol. The fraction of sp³-hybridized carbons (Fsp3) is 0.107. The minimum Gasteiger partial charge on any atom is -0.489 e. The molecule has 32 heavy (non-hydrogen) atoms. The molecule has 0 atom stereocenters. The summed E-state index contributed by atoms with van der Waals surface area (Å²) in [6, 6.07) is 36.9. The lowest BCUT2D eigenvalue weighted by Crippen LogP contribution is -2.34. The second-order valence-electron chi connectivity index (χ2n) is 7.34. The van der Waals surface area contributed by atoms with Gasteiger partial charge in [-0.2, -0.15) is 0 Å². The van der Waals surface area contributed by atoms with E-state index in [0.717, 1.165) is 22.6 Å². The monoisotopic (exact) mass is 423 g/mol. The van der Waals surface area contributed by atoms with E-state index in [1.54, 1.807) is 4.90 Å². The topological polar surface area (TPSA) is 38.8 Å². The van der Waals surface area contributed by atoms with Crippen LogP contribution in [0.2, 0.25) is 0 Å². The van der Waals surface area contributed by atoms with Crippen LogP contribution in [0.3, 0.4) is 0 Å². The van der Waals surface area contributed by atoms with Crippen molar-refractivity contribution in [3.8, 4) is 11.5 Å². The van der Waals surface area contributed by atoms with Gasteiger partial charge in [0.25, 0.3) is 5.91 Å². The lowest BCUT2D eigenvalue weighted by Gasteiger charge is -2.23. The smallest absolute Gasteiger partial charge is 0.265 e. The van der Waals surface area contributed by atoms with Crippen LogP contribution < -0.4 is 14.4 Å². The Morgan fingerprint density at radius 3 is 1.69 bits per heavy atom. The molecular weight excluding hydrogens is 398 g/mol. The van der Waals surface area contributed by atoms with Crippen molar-refractivity contribution in [1.82, 2.24) is 0 Å². The van der Waals surface area contributed by atoms with Crippen LogP contribution >= 0.6 is 0 Å². The van der Waals surface area contributed by atoms with Crippen LogP contribution in [0.25, 0.3) is 0 Å². The Morgan fingerprint density at radius 1 is 0.594 bits per heavy atom. The summed E-state index contributed by atoms with van der Waals surface area (Å²) in [5.41, 5.74) is 3.01. The highest BCUT2D eigenvalue weighted by Crippen LogP contribution is 2.20. The molecule has 0 bridgehead atoms. The van der Waals surface area contributed by atoms with Gasteiger partial charge in [0.05, 0.1) is 6.54 Å². The van der Waals surface area contributed by atoms with Crippen molar-refractivity contribution < 1.29 is 14.3 Å². The first-order valence-corrected chi connectivity index (χ1v) is 10.6. The van der Waals surface area contributed by atoms with Crippen LogP contribution in [0, 0.1) is 0 Å². The Bertz CT molecular complexity index is 1100. The van der Waals surface area contributed by atoms with Gasteiger partial charge in [-0.05, 0) is 47.5 Å². The van der Waals surface area contributed by atoms with Gasteiger partial charge in [-0.15, -0.1) is 0 Å². The third kappa shape index (κ3) is 5.99. The van der Waals surface area contributed by atoms with Crippen molar-refractivity contribution in [2.45, 2.75) is 13.2 Å². The lowest BCUT2D eigenvalue weighted by molar-refractivity contribution is -0.120. The summed E-state index contributed by atoms with van der Waals surface area (Å²) >= 11 is 0. The molecule has 0 heterocycles. The summed E-state index contributed by atoms with van der Waals surface area (Å²) in [6.07, 6.45) is 0. The van der Waals surface area contributed by atoms with Crippen LogP contribution in [0.1, 0.15) is 11.1 Å². The summed E-state index contributed by atoms with van der Waals surface area (Å²) in [6.45, 7) is 0.941. The van der Waals surface area contributed by atoms with Crippen LogP contribution in [-0.4, -0.2) is 12.5 Å². The van der Waals surface area contributed by atoms with E-state index in [1.165, 1.54) is 0 Å². The molecule has 1 amide bonds. The van der Waals surface area contributed by atoms with Crippen molar-refractivity contribution in [2.24, 2.45) is 0 Å². The molecule has 4 aromatic rings. The number of benzene rings is 4. The minimum atomic E-state index is -0.107. The van der Waals surface area contributed by atoms with E-state index in [4.69, 9.17) is 9.47 Å². The fourth-order valence-electron chi connectivity index (χ4n) is 3.29. The number of ether oxygens (including phenoxy) is 2. The summed E-state index contributed by atoms with van der Waals surface area (Å²) in [5.74, 6) is 1.27. The van der Waals surface area contributed by atoms with E-state index in [2.05, 4.69) is 0 Å². The number of hydrogen-bond acceptors (Lipinski definition) is 3. The molecule has 0 aliphatic carbocycles. The first-order valence-electron chi connectivity index (χ1n) is 10.6. The van der Waals surface area contributed by atoms with Gasteiger partial charge in [0.15, 0.2) is 6.61 Å². The molecule has 160 valence electrons. The second-order valence-corrected chi connectivity index (χ2v) is 7.34. The zero-order valence-electron chi connectivity index (χ0n) is 17.8. The van der Waals surface area contributed by atoms with Gasteiger partial charge in [-0.25, -0.2) is 0 Å². The van der Waals surface area contributed by atoms with Crippen LogP contribution in [0.4, 0.5) is 5.69 Å². The normalized spacial score (nSPS) is 10.4. The van der Waals surface area contributed by atoms with E-state index in [0.29, 0.717) is 18.9 Å². The third-order valence-electron chi connectivity index (χ3n) is 4.99. The fourth-order valence-corrected chi connectivity index (χ4v) is 3.29. The Kier molecular flexibility index (Phi) is 7.17. The molecule has 0 spiro atoms. The average molecular weight is 424 g/mol. The van der Waals surface area contributed by atoms with Crippen molar-refractivity contribution in [2.75, 3.05) is 11.5 Å². The van der Waals surface area contributed by atoms with Gasteiger partial charge >= 0.3 is 0 Å². The zero-order chi connectivity index (χ0) is 22.0. The van der Waals surface area contributed by atoms with Crippen molar-refractivity contribution in [1.29, 1.82) is 0 Å². The van der Waals surface area contributed by atoms with Gasteiger partial charge in [-0.3, -0.25) is 4.79 Å². The van der Waals surface area contributed by atoms with Gasteiger partial charge in [0.2, 0.25) is 0 Å². The van der Waals surface area contributed by atoms with Gasteiger partial charge in [0, 0.05) is 5.69 Å². The minimum absolute atomic E-state index is 0.0497. The molecule has 0 aliphatic heterocycles. The van der Waals surface area contributed by atoms with Crippen LogP contribution in [0.5, 0.6) is 11.5 Å². The number of hydrogen-bond donors (Lipinski definition) is 0. The molecule has 0 radical (unpaired) electrons. The number of carbonyl (C=O) groups excluding carboxylic acids is 1. The van der Waals surface area contributed by atoms with Crippen molar-refractivity contribution in [3.63, 3.8) is 0 Å². The molecule has 4 nitrogen and oxygen atoms in total. The summed E-state index contributed by atoms with van der Waals surface area (Å²) in [7, 11) is 0. The standard InChI is InChI=1S/C28H25NO3/c30-28(29(25-14-8-3-9-15-25)20-23-10-4-1-5-11-23)22-32-27-18-16-26(17-19-27)31-21-24-12-6-2-7-13-24/h1-19H,20-22H2. The first-order chi connectivity index (χ1) is 15.8. The highest BCUT2D eigenvalue weighted by molar-refractivity contribution is 5.94. The maximum Gasteiger partial charge on any atom is 0.265 e. The molecule has 0 fully saturated rings. The van der Waals surface area contributed by atoms with Crippen LogP contribution in [-0.2, 0) is 17.9 Å². The third-order valence-corrected chi connectivity index (χ3v) is 4.99. The number of amides is 1. The largest absolute Gasteiger partial charge is 0.489 e. The number of para-hydroxylation sites is 1. The first kappa shape index (κ1) is 21.2. The summed E-state index contributed by atoms with van der Waals surface area (Å²) < 4.78 is 11.6. The molecule has 0 aromatic heterocycles. The number of rotatable bonds is 9. The van der Waals surface area contributed by atoms with Crippen LogP contribution in [0.15, 0.2) is 115 Å². The maximum absolute atomic E-state index is 13.0. The van der Waals surface area contributed by atoms with Gasteiger partial charge < -0.3 is 14.4 Å². The number of carbonyl (C=O) groups is 1. The summed E-state index contributed by atoms with van der Waals surface area (Å²) in [5, 5.41) is 0. The highest BCUT2D eigenvalue weighted by atomic mass is 16.5. The zero-order valence-corrected chi connectivity index (χ0v) is 17.8. The molecule has 0 saturated heterocycles. The van der Waals surface area contributed by atoms with E-state index in [9.17, 15) is 4.79 Å². The van der Waals surface area contributed by atoms with E-state index < -0.39 is 0 Å². The molecular formula is C28H25NO3. The highest BCUT2D eigenvalue weighted by Gasteiger charge is 2.17. The molecule has 0 aliphatic rings. The number of anilines is 1.